The number of carbonyl (C=O) groups is 2. The highest BCUT2D eigenvalue weighted by Crippen LogP contribution is 2.22. The molecule has 148 valence electrons. The summed E-state index contributed by atoms with van der Waals surface area (Å²) in [5.74, 6) is -0.567. The Morgan fingerprint density at radius 3 is 2.61 bits per heavy atom. The van der Waals surface area contributed by atoms with Crippen LogP contribution in [0.5, 0.6) is 0 Å². The van der Waals surface area contributed by atoms with Gasteiger partial charge in [-0.2, -0.15) is 0 Å². The van der Waals surface area contributed by atoms with Gasteiger partial charge in [0.1, 0.15) is 11.4 Å². The van der Waals surface area contributed by atoms with Gasteiger partial charge in [-0.05, 0) is 44.0 Å². The van der Waals surface area contributed by atoms with E-state index in [4.69, 9.17) is 10.5 Å². The fraction of sp³-hybridized carbons (Fsp3) is 0.368. The van der Waals surface area contributed by atoms with E-state index in [1.54, 1.807) is 6.92 Å². The molecule has 3 N–H and O–H groups in total. The highest BCUT2D eigenvalue weighted by atomic mass is 32.2. The van der Waals surface area contributed by atoms with Crippen molar-refractivity contribution in [1.82, 2.24) is 9.97 Å². The van der Waals surface area contributed by atoms with Crippen LogP contribution in [-0.4, -0.2) is 47.3 Å². The highest BCUT2D eigenvalue weighted by molar-refractivity contribution is 7.99. The minimum atomic E-state index is -0.563. The van der Waals surface area contributed by atoms with Crippen LogP contribution in [0.3, 0.4) is 0 Å². The quantitative estimate of drug-likeness (QED) is 0.414. The third kappa shape index (κ3) is 5.13. The van der Waals surface area contributed by atoms with Crippen molar-refractivity contribution in [1.29, 1.82) is 0 Å². The maximum Gasteiger partial charge on any atom is 0.343 e. The topological polar surface area (TPSA) is 110 Å². The maximum atomic E-state index is 12.2. The number of nitrogens with two attached hydrogens (primary N) is 1. The molecule has 28 heavy (non-hydrogen) atoms. The number of carbonyl (C=O) groups excluding carboxylic acids is 2. The smallest absolute Gasteiger partial charge is 0.343 e. The Bertz CT molecular complexity index is 838. The molecule has 1 amide bonds. The van der Waals surface area contributed by atoms with Crippen LogP contribution in [0.25, 0.3) is 0 Å². The molecule has 2 heterocycles. The molecular formula is C19H23N5O3S. The van der Waals surface area contributed by atoms with Crippen molar-refractivity contribution in [3.05, 3.63) is 36.0 Å². The molecule has 1 aliphatic heterocycles. The van der Waals surface area contributed by atoms with Crippen LogP contribution in [-0.2, 0) is 9.53 Å². The van der Waals surface area contributed by atoms with Gasteiger partial charge in [0, 0.05) is 30.7 Å². The van der Waals surface area contributed by atoms with E-state index in [1.807, 2.05) is 24.3 Å². The molecule has 3 rings (SSSR count). The molecule has 9 heteroatoms. The summed E-state index contributed by atoms with van der Waals surface area (Å²) >= 11 is 1.14. The van der Waals surface area contributed by atoms with Gasteiger partial charge in [0.2, 0.25) is 5.91 Å². The number of hydrogen-bond acceptors (Lipinski definition) is 8. The number of benzene rings is 1. The fourth-order valence-corrected chi connectivity index (χ4v) is 3.49. The number of nitrogens with one attached hydrogen (secondary N) is 1. The molecule has 1 fully saturated rings. The van der Waals surface area contributed by atoms with Crippen molar-refractivity contribution < 1.29 is 14.3 Å². The van der Waals surface area contributed by atoms with Crippen molar-refractivity contribution >= 4 is 40.8 Å². The lowest BCUT2D eigenvalue weighted by atomic mass is 10.2. The van der Waals surface area contributed by atoms with Crippen LogP contribution in [0, 0.1) is 0 Å². The molecule has 0 unspecified atom stereocenters. The second-order valence-corrected chi connectivity index (χ2v) is 7.19. The van der Waals surface area contributed by atoms with Gasteiger partial charge in [0.25, 0.3) is 0 Å². The van der Waals surface area contributed by atoms with E-state index in [2.05, 4.69) is 20.2 Å². The average Bonchev–Trinajstić information content (AvgIpc) is 3.22. The Kier molecular flexibility index (Phi) is 6.70. The van der Waals surface area contributed by atoms with Gasteiger partial charge >= 0.3 is 5.97 Å². The number of amides is 1. The number of nitrogen functional groups attached to an aromatic ring is 1. The number of esters is 1. The molecule has 0 bridgehead atoms. The first kappa shape index (κ1) is 19.9. The van der Waals surface area contributed by atoms with Gasteiger partial charge in [-0.25, -0.2) is 14.8 Å². The predicted octanol–water partition coefficient (Wildman–Crippen LogP) is 2.57. The third-order valence-electron chi connectivity index (χ3n) is 4.25. The van der Waals surface area contributed by atoms with E-state index >= 15 is 0 Å². The Hall–Kier alpha value is -2.81. The number of nitrogens with zero attached hydrogens (tertiary/aromatic N) is 3. The molecule has 1 aromatic carbocycles. The summed E-state index contributed by atoms with van der Waals surface area (Å²) < 4.78 is 4.88. The van der Waals surface area contributed by atoms with Crippen molar-refractivity contribution in [2.24, 2.45) is 0 Å². The van der Waals surface area contributed by atoms with Crippen LogP contribution in [0.15, 0.2) is 35.6 Å². The van der Waals surface area contributed by atoms with Crippen LogP contribution in [0.1, 0.15) is 30.1 Å². The van der Waals surface area contributed by atoms with Crippen molar-refractivity contribution in [3.8, 4) is 0 Å². The second-order valence-electron chi connectivity index (χ2n) is 6.25. The zero-order valence-electron chi connectivity index (χ0n) is 15.7. The van der Waals surface area contributed by atoms with Crippen LogP contribution < -0.4 is 16.0 Å². The maximum absolute atomic E-state index is 12.2. The Morgan fingerprint density at radius 1 is 1.25 bits per heavy atom. The number of anilines is 3. The van der Waals surface area contributed by atoms with E-state index in [0.717, 1.165) is 30.5 Å². The second kappa shape index (κ2) is 9.41. The van der Waals surface area contributed by atoms with Gasteiger partial charge in [-0.3, -0.25) is 4.79 Å². The van der Waals surface area contributed by atoms with Gasteiger partial charge in [-0.1, -0.05) is 11.8 Å². The van der Waals surface area contributed by atoms with Gasteiger partial charge in [0.05, 0.1) is 12.4 Å². The first-order valence-electron chi connectivity index (χ1n) is 9.14. The molecular weight excluding hydrogens is 378 g/mol. The molecule has 0 radical (unpaired) electrons. The summed E-state index contributed by atoms with van der Waals surface area (Å²) in [5.41, 5.74) is 7.82. The summed E-state index contributed by atoms with van der Waals surface area (Å²) in [6.07, 6.45) is 3.77. The highest BCUT2D eigenvalue weighted by Gasteiger charge is 2.15. The van der Waals surface area contributed by atoms with Crippen molar-refractivity contribution in [2.75, 3.05) is 41.4 Å². The van der Waals surface area contributed by atoms with Gasteiger partial charge in [-0.15, -0.1) is 0 Å². The minimum Gasteiger partial charge on any atom is -0.462 e. The zero-order chi connectivity index (χ0) is 19.9. The molecule has 0 aliphatic carbocycles. The number of aromatic nitrogens is 2. The number of rotatable bonds is 7. The number of thioether (sulfide) groups is 1. The molecule has 2 aromatic rings. The fourth-order valence-electron chi connectivity index (χ4n) is 2.87. The largest absolute Gasteiger partial charge is 0.462 e. The van der Waals surface area contributed by atoms with E-state index < -0.39 is 5.97 Å². The zero-order valence-corrected chi connectivity index (χ0v) is 16.5. The lowest BCUT2D eigenvalue weighted by Crippen LogP contribution is -2.18. The Labute approximate surface area is 167 Å². The molecule has 1 aromatic heterocycles. The summed E-state index contributed by atoms with van der Waals surface area (Å²) in [6.45, 7) is 4.12. The summed E-state index contributed by atoms with van der Waals surface area (Å²) in [6, 6.07) is 7.84. The van der Waals surface area contributed by atoms with E-state index in [-0.39, 0.29) is 29.6 Å². The average molecular weight is 401 g/mol. The molecule has 0 spiro atoms. The molecule has 0 atom stereocenters. The molecule has 0 saturated carbocycles. The molecule has 1 saturated heterocycles. The van der Waals surface area contributed by atoms with Crippen LogP contribution in [0.4, 0.5) is 17.2 Å². The summed E-state index contributed by atoms with van der Waals surface area (Å²) in [4.78, 5) is 34.3. The monoisotopic (exact) mass is 401 g/mol. The Balaban J connectivity index is 1.51. The first-order valence-corrected chi connectivity index (χ1v) is 10.1. The normalized spacial score (nSPS) is 13.4. The van der Waals surface area contributed by atoms with Crippen LogP contribution >= 0.6 is 11.8 Å². The minimum absolute atomic E-state index is 0.0360. The standard InChI is InChI=1S/C19H23N5O3S/c1-2-27-18(26)15-11-21-19(23-17(15)20)28-12-16(25)22-13-5-7-14(8-6-13)24-9-3-4-10-24/h5-8,11H,2-4,9-10,12H2,1H3,(H,22,25)(H2,20,21,23). The number of hydrogen-bond donors (Lipinski definition) is 2. The van der Waals surface area contributed by atoms with Gasteiger partial charge < -0.3 is 20.7 Å². The Morgan fingerprint density at radius 2 is 1.96 bits per heavy atom. The molecule has 8 nitrogen and oxygen atoms in total. The lowest BCUT2D eigenvalue weighted by molar-refractivity contribution is -0.113. The van der Waals surface area contributed by atoms with Crippen LogP contribution in [0.2, 0.25) is 0 Å². The van der Waals surface area contributed by atoms with E-state index in [9.17, 15) is 9.59 Å². The molecule has 1 aliphatic rings. The lowest BCUT2D eigenvalue weighted by Gasteiger charge is -2.17. The third-order valence-corrected chi connectivity index (χ3v) is 5.11. The van der Waals surface area contributed by atoms with Crippen molar-refractivity contribution in [2.45, 2.75) is 24.9 Å². The van der Waals surface area contributed by atoms with E-state index in [0.29, 0.717) is 5.16 Å². The predicted molar refractivity (Wildman–Crippen MR) is 110 cm³/mol. The van der Waals surface area contributed by atoms with E-state index in [1.165, 1.54) is 24.7 Å². The summed E-state index contributed by atoms with van der Waals surface area (Å²) in [5, 5.41) is 3.18. The van der Waals surface area contributed by atoms with Gasteiger partial charge in [0.15, 0.2) is 5.16 Å². The first-order chi connectivity index (χ1) is 13.6. The van der Waals surface area contributed by atoms with Crippen molar-refractivity contribution in [3.63, 3.8) is 0 Å². The summed E-state index contributed by atoms with van der Waals surface area (Å²) in [7, 11) is 0. The SMILES string of the molecule is CCOC(=O)c1cnc(SCC(=O)Nc2ccc(N3CCCC3)cc2)nc1N. The number of ether oxygens (including phenoxy) is 1.